The Balaban J connectivity index is 0.000000736. The smallest absolute Gasteiger partial charge is 0.368 e. The molecule has 48 heavy (non-hydrogen) atoms. The molecule has 7 rings (SSSR count). The number of rotatable bonds is 4. The van der Waals surface area contributed by atoms with E-state index >= 15 is 0 Å². The molecular formula is C38H36F3NO4S2. The third-order valence-corrected chi connectivity index (χ3v) is 13.5. The Morgan fingerprint density at radius 2 is 1.52 bits per heavy atom. The molecule has 10 heteroatoms. The van der Waals surface area contributed by atoms with Crippen molar-refractivity contribution in [2.75, 3.05) is 6.26 Å². The average Bonchev–Trinajstić information content (AvgIpc) is 3.64. The van der Waals surface area contributed by atoms with Gasteiger partial charge < -0.3 is 4.98 Å². The van der Waals surface area contributed by atoms with Gasteiger partial charge >= 0.3 is 6.18 Å². The van der Waals surface area contributed by atoms with E-state index in [0.717, 1.165) is 57.5 Å². The molecule has 1 N–H and O–H groups in total. The highest BCUT2D eigenvalue weighted by Gasteiger charge is 2.55. The molecule has 0 spiro atoms. The van der Waals surface area contributed by atoms with Gasteiger partial charge in [0.1, 0.15) is 0 Å². The molecule has 1 heterocycles. The van der Waals surface area contributed by atoms with Gasteiger partial charge in [0.25, 0.3) is 0 Å². The summed E-state index contributed by atoms with van der Waals surface area (Å²) < 4.78 is 93.4. The first-order valence-electron chi connectivity index (χ1n) is 15.6. The number of H-pyrrole nitrogens is 1. The van der Waals surface area contributed by atoms with Crippen LogP contribution in [0.2, 0.25) is 0 Å². The molecular weight excluding hydrogens is 656 g/mol. The van der Waals surface area contributed by atoms with Crippen molar-refractivity contribution in [2.45, 2.75) is 59.2 Å². The van der Waals surface area contributed by atoms with Gasteiger partial charge in [-0.05, 0) is 114 Å². The highest BCUT2D eigenvalue weighted by Crippen LogP contribution is 2.58. The maximum atomic E-state index is 14.7. The Hall–Kier alpha value is -4.15. The highest BCUT2D eigenvalue weighted by molar-refractivity contribution is 7.93. The van der Waals surface area contributed by atoms with Crippen molar-refractivity contribution in [3.05, 3.63) is 137 Å². The topological polar surface area (TPSA) is 84.1 Å². The van der Waals surface area contributed by atoms with Crippen molar-refractivity contribution in [1.82, 2.24) is 4.98 Å². The van der Waals surface area contributed by atoms with Gasteiger partial charge in [0.15, 0.2) is 19.7 Å². The Labute approximate surface area is 279 Å². The van der Waals surface area contributed by atoms with E-state index in [1.165, 1.54) is 6.07 Å². The second kappa shape index (κ2) is 12.4. The van der Waals surface area contributed by atoms with Crippen molar-refractivity contribution in [1.29, 1.82) is 0 Å². The first-order valence-corrected chi connectivity index (χ1v) is 19.0. The van der Waals surface area contributed by atoms with E-state index in [-0.39, 0.29) is 28.0 Å². The number of hydrogen-bond acceptors (Lipinski definition) is 4. The van der Waals surface area contributed by atoms with Crippen LogP contribution in [0.5, 0.6) is 0 Å². The van der Waals surface area contributed by atoms with Crippen LogP contribution in [-0.4, -0.2) is 32.8 Å². The van der Waals surface area contributed by atoms with Gasteiger partial charge in [-0.1, -0.05) is 60.7 Å². The number of sulfone groups is 2. The Kier molecular flexibility index (Phi) is 8.70. The number of hydrogen-bond donors (Lipinski definition) is 1. The molecule has 2 aliphatic rings. The van der Waals surface area contributed by atoms with Gasteiger partial charge in [-0.25, -0.2) is 16.8 Å². The first kappa shape index (κ1) is 33.7. The predicted molar refractivity (Wildman–Crippen MR) is 183 cm³/mol. The molecule has 1 saturated carbocycles. The summed E-state index contributed by atoms with van der Waals surface area (Å²) in [6, 6.07) is 24.6. The number of benzene rings is 4. The zero-order chi connectivity index (χ0) is 34.5. The minimum atomic E-state index is -4.69. The first-order chi connectivity index (χ1) is 22.6. The standard InChI is InChI=1S/C34H31F3O4S2.C4H5N/c1-21-17-26(42(3,38)39)13-16-28(21)24-18-23-12-14-30-29-10-5-4-7-22(29)11-15-31(30)32(23)33(2,20-24)43(40,41)27-9-6-8-25(19-27)34(35,36)37;1-2-4-5-3-1/h4-17,19,23-24,32H,18,20H2,1-3H3;1-5H. The minimum Gasteiger partial charge on any atom is -0.368 e. The second-order valence-corrected chi connectivity index (χ2v) is 17.4. The lowest BCUT2D eigenvalue weighted by molar-refractivity contribution is -0.137. The molecule has 1 aromatic heterocycles. The molecule has 0 aliphatic heterocycles. The van der Waals surface area contributed by atoms with Crippen LogP contribution in [0.1, 0.15) is 59.4 Å². The molecule has 2 aliphatic carbocycles. The van der Waals surface area contributed by atoms with E-state index in [1.54, 1.807) is 25.1 Å². The van der Waals surface area contributed by atoms with Crippen LogP contribution in [0.15, 0.2) is 119 Å². The summed E-state index contributed by atoms with van der Waals surface area (Å²) in [5.74, 6) is -0.998. The van der Waals surface area contributed by atoms with Crippen LogP contribution in [0, 0.1) is 12.8 Å². The lowest BCUT2D eigenvalue weighted by atomic mass is 9.61. The number of allylic oxidation sites excluding steroid dienone is 1. The van der Waals surface area contributed by atoms with Crippen LogP contribution in [0.3, 0.4) is 0 Å². The largest absolute Gasteiger partial charge is 0.416 e. The zero-order valence-electron chi connectivity index (χ0n) is 26.7. The lowest BCUT2D eigenvalue weighted by Crippen LogP contribution is -2.50. The Bertz CT molecular complexity index is 2210. The quantitative estimate of drug-likeness (QED) is 0.204. The van der Waals surface area contributed by atoms with E-state index in [1.807, 2.05) is 80.0 Å². The maximum absolute atomic E-state index is 14.7. The maximum Gasteiger partial charge on any atom is 0.416 e. The Morgan fingerprint density at radius 3 is 2.17 bits per heavy atom. The van der Waals surface area contributed by atoms with E-state index in [9.17, 15) is 30.0 Å². The molecule has 0 bridgehead atoms. The predicted octanol–water partition coefficient (Wildman–Crippen LogP) is 9.12. The van der Waals surface area contributed by atoms with Gasteiger partial charge in [-0.2, -0.15) is 13.2 Å². The van der Waals surface area contributed by atoms with Crippen molar-refractivity contribution < 1.29 is 30.0 Å². The van der Waals surface area contributed by atoms with Crippen LogP contribution < -0.4 is 0 Å². The number of alkyl halides is 3. The summed E-state index contributed by atoms with van der Waals surface area (Å²) in [5.41, 5.74) is 2.36. The van der Waals surface area contributed by atoms with Crippen LogP contribution >= 0.6 is 0 Å². The van der Waals surface area contributed by atoms with Gasteiger partial charge in [-0.3, -0.25) is 0 Å². The SMILES string of the molecule is Cc1cc(S(C)(=O)=O)ccc1C1CC2C=Cc3c(ccc4ccccc34)C2C(C)(S(=O)(=O)c2cccc(C(F)(F)F)c2)C1.c1cc[nH]c1. The zero-order valence-corrected chi connectivity index (χ0v) is 28.3. The van der Waals surface area contributed by atoms with Gasteiger partial charge in [0.2, 0.25) is 0 Å². The Morgan fingerprint density at radius 1 is 0.812 bits per heavy atom. The summed E-state index contributed by atoms with van der Waals surface area (Å²) in [6.45, 7) is 3.48. The fourth-order valence-electron chi connectivity index (χ4n) is 7.59. The number of fused-ring (bicyclic) bond motifs is 5. The molecule has 5 aromatic rings. The van der Waals surface area contributed by atoms with Gasteiger partial charge in [-0.15, -0.1) is 0 Å². The number of aromatic nitrogens is 1. The number of nitrogens with one attached hydrogen (secondary N) is 1. The number of aryl methyl sites for hydroxylation is 1. The van der Waals surface area contributed by atoms with Crippen LogP contribution in [0.4, 0.5) is 13.2 Å². The summed E-state index contributed by atoms with van der Waals surface area (Å²) in [5, 5.41) is 2.00. The lowest BCUT2D eigenvalue weighted by Gasteiger charge is -2.50. The van der Waals surface area contributed by atoms with Crippen molar-refractivity contribution >= 4 is 36.5 Å². The average molecular weight is 692 g/mol. The van der Waals surface area contributed by atoms with Gasteiger partial charge in [0, 0.05) is 24.6 Å². The highest BCUT2D eigenvalue weighted by atomic mass is 32.2. The molecule has 250 valence electrons. The normalized spacial score (nSPS) is 22.3. The number of aromatic amines is 1. The number of halogens is 3. The molecule has 4 unspecified atom stereocenters. The fourth-order valence-corrected chi connectivity index (χ4v) is 10.4. The van der Waals surface area contributed by atoms with E-state index in [0.29, 0.717) is 6.42 Å². The molecule has 0 saturated heterocycles. The monoisotopic (exact) mass is 691 g/mol. The molecule has 1 fully saturated rings. The molecule has 0 amide bonds. The fraction of sp³-hybridized carbons (Fsp3) is 0.263. The third-order valence-electron chi connectivity index (χ3n) is 9.83. The van der Waals surface area contributed by atoms with Gasteiger partial charge in [0.05, 0.1) is 20.1 Å². The molecule has 5 nitrogen and oxygen atoms in total. The van der Waals surface area contributed by atoms with E-state index in [4.69, 9.17) is 0 Å². The van der Waals surface area contributed by atoms with Crippen LogP contribution in [0.25, 0.3) is 16.8 Å². The minimum absolute atomic E-state index is 0.159. The molecule has 4 aromatic carbocycles. The summed E-state index contributed by atoms with van der Waals surface area (Å²) in [4.78, 5) is 2.69. The molecule has 0 radical (unpaired) electrons. The van der Waals surface area contributed by atoms with E-state index in [2.05, 4.69) is 4.98 Å². The summed E-state index contributed by atoms with van der Waals surface area (Å²) >= 11 is 0. The van der Waals surface area contributed by atoms with Crippen LogP contribution in [-0.2, 0) is 25.9 Å². The third kappa shape index (κ3) is 6.12. The van der Waals surface area contributed by atoms with Crippen molar-refractivity contribution in [2.24, 2.45) is 5.92 Å². The summed E-state index contributed by atoms with van der Waals surface area (Å²) in [6.07, 6.45) is 5.05. The van der Waals surface area contributed by atoms with Crippen molar-refractivity contribution in [3.63, 3.8) is 0 Å². The van der Waals surface area contributed by atoms with Crippen molar-refractivity contribution in [3.8, 4) is 0 Å². The van der Waals surface area contributed by atoms with E-state index < -0.39 is 42.1 Å². The summed E-state index contributed by atoms with van der Waals surface area (Å²) in [7, 11) is -7.77. The molecule has 4 atom stereocenters. The second-order valence-electron chi connectivity index (χ2n) is 12.9.